The average molecular weight is 280 g/mol. The highest BCUT2D eigenvalue weighted by molar-refractivity contribution is 5.16. The SMILES string of the molecule is CC(C)C(CNC(C)(C)C)N(C)Cc1cccc(F)c1. The van der Waals surface area contributed by atoms with Gasteiger partial charge in [0, 0.05) is 24.7 Å². The maximum Gasteiger partial charge on any atom is 0.123 e. The van der Waals surface area contributed by atoms with Crippen molar-refractivity contribution in [2.24, 2.45) is 5.92 Å². The molecular formula is C17H29FN2. The van der Waals surface area contributed by atoms with E-state index in [1.165, 1.54) is 6.07 Å². The van der Waals surface area contributed by atoms with Crippen molar-refractivity contribution in [2.45, 2.75) is 52.7 Å². The molecule has 0 saturated heterocycles. The number of likely N-dealkylation sites (N-methyl/N-ethyl adjacent to an activating group) is 1. The van der Waals surface area contributed by atoms with Crippen molar-refractivity contribution < 1.29 is 4.39 Å². The molecule has 0 fully saturated rings. The second-order valence-electron chi connectivity index (χ2n) is 6.99. The molecule has 0 aromatic heterocycles. The predicted octanol–water partition coefficient (Wildman–Crippen LogP) is 3.67. The van der Waals surface area contributed by atoms with E-state index in [0.29, 0.717) is 12.0 Å². The van der Waals surface area contributed by atoms with Gasteiger partial charge in [-0.2, -0.15) is 0 Å². The molecule has 0 aliphatic heterocycles. The van der Waals surface area contributed by atoms with Crippen LogP contribution in [0.25, 0.3) is 0 Å². The molecule has 3 heteroatoms. The zero-order valence-corrected chi connectivity index (χ0v) is 13.7. The fourth-order valence-electron chi connectivity index (χ4n) is 2.35. The van der Waals surface area contributed by atoms with Crippen LogP contribution in [0.15, 0.2) is 24.3 Å². The molecule has 1 atom stereocenters. The summed E-state index contributed by atoms with van der Waals surface area (Å²) >= 11 is 0. The first kappa shape index (κ1) is 17.1. The zero-order chi connectivity index (χ0) is 15.3. The summed E-state index contributed by atoms with van der Waals surface area (Å²) in [5.74, 6) is 0.383. The van der Waals surface area contributed by atoms with Crippen molar-refractivity contribution in [1.29, 1.82) is 0 Å². The van der Waals surface area contributed by atoms with Crippen LogP contribution >= 0.6 is 0 Å². The van der Waals surface area contributed by atoms with Crippen LogP contribution in [0.2, 0.25) is 0 Å². The van der Waals surface area contributed by atoms with Crippen LogP contribution in [0.4, 0.5) is 4.39 Å². The van der Waals surface area contributed by atoms with E-state index >= 15 is 0 Å². The molecule has 1 rings (SSSR count). The summed E-state index contributed by atoms with van der Waals surface area (Å²) in [5, 5.41) is 3.57. The van der Waals surface area contributed by atoms with E-state index in [-0.39, 0.29) is 11.4 Å². The number of nitrogens with one attached hydrogen (secondary N) is 1. The summed E-state index contributed by atoms with van der Waals surface area (Å²) in [7, 11) is 2.11. The molecule has 0 amide bonds. The summed E-state index contributed by atoms with van der Waals surface area (Å²) in [6.45, 7) is 12.7. The molecule has 0 bridgehead atoms. The Morgan fingerprint density at radius 3 is 2.40 bits per heavy atom. The van der Waals surface area contributed by atoms with Gasteiger partial charge in [0.2, 0.25) is 0 Å². The number of hydrogen-bond acceptors (Lipinski definition) is 2. The lowest BCUT2D eigenvalue weighted by atomic mass is 10.00. The average Bonchev–Trinajstić information content (AvgIpc) is 2.26. The Balaban J connectivity index is 2.67. The first-order valence-electron chi connectivity index (χ1n) is 7.39. The van der Waals surface area contributed by atoms with Gasteiger partial charge in [-0.15, -0.1) is 0 Å². The molecule has 20 heavy (non-hydrogen) atoms. The quantitative estimate of drug-likeness (QED) is 0.855. The number of nitrogens with zero attached hydrogens (tertiary/aromatic N) is 1. The standard InChI is InChI=1S/C17H29FN2/c1-13(2)16(11-19-17(3,4)5)20(6)12-14-8-7-9-15(18)10-14/h7-10,13,16,19H,11-12H2,1-6H3. The Hall–Kier alpha value is -0.930. The van der Waals surface area contributed by atoms with E-state index in [1.54, 1.807) is 12.1 Å². The molecule has 0 aliphatic carbocycles. The highest BCUT2D eigenvalue weighted by Crippen LogP contribution is 2.14. The molecule has 0 heterocycles. The predicted molar refractivity (Wildman–Crippen MR) is 84.2 cm³/mol. The van der Waals surface area contributed by atoms with Crippen molar-refractivity contribution in [3.05, 3.63) is 35.6 Å². The zero-order valence-electron chi connectivity index (χ0n) is 13.7. The largest absolute Gasteiger partial charge is 0.311 e. The normalized spacial score (nSPS) is 14.1. The van der Waals surface area contributed by atoms with Gasteiger partial charge < -0.3 is 5.32 Å². The van der Waals surface area contributed by atoms with E-state index < -0.39 is 0 Å². The third-order valence-corrected chi connectivity index (χ3v) is 3.50. The molecule has 0 spiro atoms. The summed E-state index contributed by atoms with van der Waals surface area (Å²) in [4.78, 5) is 2.30. The molecule has 2 nitrogen and oxygen atoms in total. The third-order valence-electron chi connectivity index (χ3n) is 3.50. The molecule has 0 saturated carbocycles. The van der Waals surface area contributed by atoms with Crippen LogP contribution in [-0.4, -0.2) is 30.1 Å². The maximum absolute atomic E-state index is 13.3. The van der Waals surface area contributed by atoms with Gasteiger partial charge in [-0.3, -0.25) is 4.90 Å². The fourth-order valence-corrected chi connectivity index (χ4v) is 2.35. The maximum atomic E-state index is 13.3. The molecular weight excluding hydrogens is 251 g/mol. The highest BCUT2D eigenvalue weighted by atomic mass is 19.1. The van der Waals surface area contributed by atoms with E-state index in [0.717, 1.165) is 18.7 Å². The van der Waals surface area contributed by atoms with Crippen LogP contribution in [0.3, 0.4) is 0 Å². The smallest absolute Gasteiger partial charge is 0.123 e. The van der Waals surface area contributed by atoms with Gasteiger partial charge in [0.15, 0.2) is 0 Å². The molecule has 0 radical (unpaired) electrons. The molecule has 1 aromatic carbocycles. The minimum Gasteiger partial charge on any atom is -0.311 e. The van der Waals surface area contributed by atoms with Gasteiger partial charge in [-0.05, 0) is 51.4 Å². The number of rotatable bonds is 6. The van der Waals surface area contributed by atoms with Crippen molar-refractivity contribution in [3.8, 4) is 0 Å². The number of halogens is 1. The fraction of sp³-hybridized carbons (Fsp3) is 0.647. The van der Waals surface area contributed by atoms with Crippen molar-refractivity contribution in [3.63, 3.8) is 0 Å². The van der Waals surface area contributed by atoms with E-state index in [4.69, 9.17) is 0 Å². The van der Waals surface area contributed by atoms with Crippen LogP contribution in [0, 0.1) is 11.7 Å². The van der Waals surface area contributed by atoms with Crippen LogP contribution in [-0.2, 0) is 6.54 Å². The van der Waals surface area contributed by atoms with Crippen LogP contribution in [0.5, 0.6) is 0 Å². The second kappa shape index (κ2) is 7.19. The second-order valence-corrected chi connectivity index (χ2v) is 6.99. The van der Waals surface area contributed by atoms with Crippen molar-refractivity contribution >= 4 is 0 Å². The lowest BCUT2D eigenvalue weighted by Gasteiger charge is -2.34. The van der Waals surface area contributed by atoms with E-state index in [9.17, 15) is 4.39 Å². The van der Waals surface area contributed by atoms with Gasteiger partial charge >= 0.3 is 0 Å². The molecule has 1 N–H and O–H groups in total. The Labute approximate surface area is 123 Å². The first-order valence-corrected chi connectivity index (χ1v) is 7.39. The van der Waals surface area contributed by atoms with Gasteiger partial charge in [0.05, 0.1) is 0 Å². The Kier molecular flexibility index (Phi) is 6.15. The minimum absolute atomic E-state index is 0.118. The highest BCUT2D eigenvalue weighted by Gasteiger charge is 2.21. The third kappa shape index (κ3) is 6.02. The number of hydrogen-bond donors (Lipinski definition) is 1. The van der Waals surface area contributed by atoms with Gasteiger partial charge in [-0.1, -0.05) is 26.0 Å². The van der Waals surface area contributed by atoms with Gasteiger partial charge in [0.1, 0.15) is 5.82 Å². The van der Waals surface area contributed by atoms with Crippen LogP contribution < -0.4 is 5.32 Å². The summed E-state index contributed by atoms with van der Waals surface area (Å²) in [6, 6.07) is 7.29. The molecule has 1 unspecified atom stereocenters. The summed E-state index contributed by atoms with van der Waals surface area (Å²) < 4.78 is 13.3. The Morgan fingerprint density at radius 2 is 1.90 bits per heavy atom. The summed E-state index contributed by atoms with van der Waals surface area (Å²) in [5.41, 5.74) is 1.14. The topological polar surface area (TPSA) is 15.3 Å². The van der Waals surface area contributed by atoms with Crippen molar-refractivity contribution in [2.75, 3.05) is 13.6 Å². The van der Waals surface area contributed by atoms with Gasteiger partial charge in [0.25, 0.3) is 0 Å². The molecule has 0 aliphatic rings. The lowest BCUT2D eigenvalue weighted by molar-refractivity contribution is 0.169. The van der Waals surface area contributed by atoms with Crippen LogP contribution in [0.1, 0.15) is 40.2 Å². The first-order chi connectivity index (χ1) is 9.19. The van der Waals surface area contributed by atoms with Crippen molar-refractivity contribution in [1.82, 2.24) is 10.2 Å². The molecule has 114 valence electrons. The molecule has 1 aromatic rings. The lowest BCUT2D eigenvalue weighted by Crippen LogP contribution is -2.48. The monoisotopic (exact) mass is 280 g/mol. The Bertz CT molecular complexity index is 410. The Morgan fingerprint density at radius 1 is 1.25 bits per heavy atom. The minimum atomic E-state index is -0.162. The van der Waals surface area contributed by atoms with Gasteiger partial charge in [-0.25, -0.2) is 4.39 Å². The van der Waals surface area contributed by atoms with E-state index in [1.807, 2.05) is 6.07 Å². The summed E-state index contributed by atoms with van der Waals surface area (Å²) in [6.07, 6.45) is 0. The van der Waals surface area contributed by atoms with E-state index in [2.05, 4.69) is 51.9 Å². The number of benzene rings is 1.